The van der Waals surface area contributed by atoms with Gasteiger partial charge in [0.1, 0.15) is 17.4 Å². The lowest BCUT2D eigenvalue weighted by Gasteiger charge is -2.09. The largest absolute Gasteiger partial charge is 0.492 e. The number of rotatable bonds is 5. The maximum absolute atomic E-state index is 9.19. The molecule has 0 N–H and O–H groups in total. The molecule has 0 amide bonds. The first-order valence-corrected chi connectivity index (χ1v) is 7.17. The molecule has 1 heterocycles. The van der Waals surface area contributed by atoms with Gasteiger partial charge >= 0.3 is 0 Å². The second kappa shape index (κ2) is 6.81. The fraction of sp³-hybridized carbons (Fsp3) is 0.200. The normalized spacial score (nSPS) is 9.89. The molecule has 0 radical (unpaired) electrons. The van der Waals surface area contributed by atoms with Crippen LogP contribution in [0.1, 0.15) is 11.3 Å². The molecule has 1 aromatic heterocycles. The lowest BCUT2D eigenvalue weighted by atomic mass is 10.2. The van der Waals surface area contributed by atoms with E-state index in [4.69, 9.17) is 4.74 Å². The van der Waals surface area contributed by atoms with E-state index in [0.717, 1.165) is 17.0 Å². The topological polar surface area (TPSA) is 45.9 Å². The fourth-order valence-corrected chi connectivity index (χ4v) is 2.29. The third kappa shape index (κ3) is 3.49. The van der Waals surface area contributed by atoms with Crippen LogP contribution in [0.2, 0.25) is 0 Å². The average Bonchev–Trinajstić information content (AvgIpc) is 2.48. The smallest absolute Gasteiger partial charge is 0.138 e. The van der Waals surface area contributed by atoms with E-state index >= 15 is 0 Å². The zero-order valence-electron chi connectivity index (χ0n) is 10.7. The van der Waals surface area contributed by atoms with Crippen LogP contribution in [-0.4, -0.2) is 17.8 Å². The number of nitriles is 1. The van der Waals surface area contributed by atoms with Gasteiger partial charge in [-0.3, -0.25) is 4.98 Å². The molecule has 2 rings (SSSR count). The van der Waals surface area contributed by atoms with Gasteiger partial charge < -0.3 is 4.74 Å². The number of hydrogen-bond acceptors (Lipinski definition) is 4. The summed E-state index contributed by atoms with van der Waals surface area (Å²) in [5.74, 6) is 0.644. The van der Waals surface area contributed by atoms with Crippen LogP contribution in [0.15, 0.2) is 47.5 Å². The van der Waals surface area contributed by atoms with Gasteiger partial charge in [0.05, 0.1) is 6.61 Å². The Kier molecular flexibility index (Phi) is 4.82. The van der Waals surface area contributed by atoms with E-state index in [-0.39, 0.29) is 0 Å². The molecule has 19 heavy (non-hydrogen) atoms. The molecule has 96 valence electrons. The van der Waals surface area contributed by atoms with Gasteiger partial charge in [-0.2, -0.15) is 5.26 Å². The molecule has 0 atom stereocenters. The lowest BCUT2D eigenvalue weighted by molar-refractivity contribution is 0.319. The number of pyridine rings is 1. The quantitative estimate of drug-likeness (QED) is 0.782. The molecule has 0 fully saturated rings. The highest BCUT2D eigenvalue weighted by Gasteiger charge is 2.08. The Labute approximate surface area is 117 Å². The summed E-state index contributed by atoms with van der Waals surface area (Å²) in [6.45, 7) is 0.517. The van der Waals surface area contributed by atoms with Gasteiger partial charge in [-0.15, -0.1) is 11.8 Å². The Balaban J connectivity index is 2.02. The van der Waals surface area contributed by atoms with Crippen LogP contribution in [0.4, 0.5) is 0 Å². The number of aromatic nitrogens is 1. The number of thioether (sulfide) groups is 1. The van der Waals surface area contributed by atoms with Crippen molar-refractivity contribution in [3.63, 3.8) is 0 Å². The van der Waals surface area contributed by atoms with Crippen molar-refractivity contribution < 1.29 is 4.74 Å². The zero-order chi connectivity index (χ0) is 13.5. The molecule has 0 saturated heterocycles. The van der Waals surface area contributed by atoms with Crippen LogP contribution in [0.3, 0.4) is 0 Å². The standard InChI is InChI=1S/C15H14N2OS/c1-19-15-7-4-6-14(13(15)11-16)18-10-8-12-5-2-3-9-17-12/h2-7,9H,8,10H2,1H3. The van der Waals surface area contributed by atoms with Gasteiger partial charge in [-0.25, -0.2) is 0 Å². The second-order valence-electron chi connectivity index (χ2n) is 3.86. The molecule has 4 heteroatoms. The highest BCUT2D eigenvalue weighted by Crippen LogP contribution is 2.27. The van der Waals surface area contributed by atoms with Crippen LogP contribution >= 0.6 is 11.8 Å². The van der Waals surface area contributed by atoms with Crippen LogP contribution in [0.5, 0.6) is 5.75 Å². The van der Waals surface area contributed by atoms with Crippen molar-refractivity contribution >= 4 is 11.8 Å². The first-order valence-electron chi connectivity index (χ1n) is 5.95. The predicted molar refractivity (Wildman–Crippen MR) is 76.4 cm³/mol. The molecule has 0 aliphatic carbocycles. The van der Waals surface area contributed by atoms with E-state index in [1.54, 1.807) is 18.0 Å². The first-order chi connectivity index (χ1) is 9.35. The van der Waals surface area contributed by atoms with Crippen molar-refractivity contribution in [1.29, 1.82) is 5.26 Å². The maximum Gasteiger partial charge on any atom is 0.138 e. The maximum atomic E-state index is 9.19. The number of hydrogen-bond donors (Lipinski definition) is 0. The summed E-state index contributed by atoms with van der Waals surface area (Å²) >= 11 is 1.55. The van der Waals surface area contributed by atoms with E-state index in [1.165, 1.54) is 0 Å². The number of benzene rings is 1. The minimum absolute atomic E-state index is 0.517. The molecule has 0 aliphatic rings. The molecule has 0 bridgehead atoms. The molecular formula is C15H14N2OS. The third-order valence-electron chi connectivity index (χ3n) is 2.66. The SMILES string of the molecule is CSc1cccc(OCCc2ccccn2)c1C#N. The van der Waals surface area contributed by atoms with Crippen LogP contribution in [0.25, 0.3) is 0 Å². The summed E-state index contributed by atoms with van der Waals surface area (Å²) in [5, 5.41) is 9.19. The second-order valence-corrected chi connectivity index (χ2v) is 4.71. The van der Waals surface area contributed by atoms with Gasteiger partial charge in [-0.05, 0) is 30.5 Å². The first kappa shape index (κ1) is 13.4. The average molecular weight is 270 g/mol. The lowest BCUT2D eigenvalue weighted by Crippen LogP contribution is -2.04. The van der Waals surface area contributed by atoms with E-state index in [2.05, 4.69) is 11.1 Å². The molecule has 0 aliphatic heterocycles. The molecule has 2 aromatic rings. The van der Waals surface area contributed by atoms with Gasteiger partial charge in [0, 0.05) is 23.2 Å². The molecule has 0 saturated carbocycles. The van der Waals surface area contributed by atoms with Crippen LogP contribution < -0.4 is 4.74 Å². The summed E-state index contributed by atoms with van der Waals surface area (Å²) < 4.78 is 5.70. The van der Waals surface area contributed by atoms with E-state index in [1.807, 2.05) is 42.7 Å². The highest BCUT2D eigenvalue weighted by molar-refractivity contribution is 7.98. The van der Waals surface area contributed by atoms with E-state index in [0.29, 0.717) is 17.9 Å². The summed E-state index contributed by atoms with van der Waals surface area (Å²) in [6, 6.07) is 13.7. The van der Waals surface area contributed by atoms with Crippen molar-refractivity contribution in [3.8, 4) is 11.8 Å². The molecule has 0 unspecified atom stereocenters. The van der Waals surface area contributed by atoms with Gasteiger partial charge in [0.25, 0.3) is 0 Å². The Hall–Kier alpha value is -1.99. The fourth-order valence-electron chi connectivity index (χ4n) is 1.72. The molecule has 1 aromatic carbocycles. The molecule has 3 nitrogen and oxygen atoms in total. The summed E-state index contributed by atoms with van der Waals surface area (Å²) in [4.78, 5) is 5.18. The Morgan fingerprint density at radius 3 is 2.84 bits per heavy atom. The van der Waals surface area contributed by atoms with E-state index < -0.39 is 0 Å². The number of ether oxygens (including phenoxy) is 1. The Morgan fingerprint density at radius 1 is 1.26 bits per heavy atom. The van der Waals surface area contributed by atoms with Crippen LogP contribution in [-0.2, 0) is 6.42 Å². The number of nitrogens with zero attached hydrogens (tertiary/aromatic N) is 2. The predicted octanol–water partition coefficient (Wildman–Crippen LogP) is 3.30. The van der Waals surface area contributed by atoms with Gasteiger partial charge in [0.15, 0.2) is 0 Å². The van der Waals surface area contributed by atoms with Crippen molar-refractivity contribution in [1.82, 2.24) is 4.98 Å². The van der Waals surface area contributed by atoms with Crippen molar-refractivity contribution in [3.05, 3.63) is 53.9 Å². The van der Waals surface area contributed by atoms with Gasteiger partial charge in [-0.1, -0.05) is 12.1 Å². The summed E-state index contributed by atoms with van der Waals surface area (Å²) in [6.07, 6.45) is 4.45. The van der Waals surface area contributed by atoms with Crippen molar-refractivity contribution in [2.24, 2.45) is 0 Å². The summed E-state index contributed by atoms with van der Waals surface area (Å²) in [5.41, 5.74) is 1.60. The highest BCUT2D eigenvalue weighted by atomic mass is 32.2. The molecular weight excluding hydrogens is 256 g/mol. The zero-order valence-corrected chi connectivity index (χ0v) is 11.5. The Bertz CT molecular complexity index is 578. The van der Waals surface area contributed by atoms with Crippen LogP contribution in [0, 0.1) is 11.3 Å². The minimum atomic E-state index is 0.517. The van der Waals surface area contributed by atoms with Crippen molar-refractivity contribution in [2.45, 2.75) is 11.3 Å². The summed E-state index contributed by atoms with van der Waals surface area (Å²) in [7, 11) is 0. The van der Waals surface area contributed by atoms with Gasteiger partial charge in [0.2, 0.25) is 0 Å². The monoisotopic (exact) mass is 270 g/mol. The van der Waals surface area contributed by atoms with Crippen molar-refractivity contribution in [2.75, 3.05) is 12.9 Å². The molecule has 0 spiro atoms. The minimum Gasteiger partial charge on any atom is -0.492 e. The van der Waals surface area contributed by atoms with E-state index in [9.17, 15) is 5.26 Å². The third-order valence-corrected chi connectivity index (χ3v) is 3.44. The Morgan fingerprint density at radius 2 is 2.16 bits per heavy atom.